The number of oxime groups is 1. The maximum absolute atomic E-state index is 13.6. The van der Waals surface area contributed by atoms with Crippen molar-refractivity contribution in [1.82, 2.24) is 10.5 Å². The van der Waals surface area contributed by atoms with Gasteiger partial charge in [0.15, 0.2) is 0 Å². The summed E-state index contributed by atoms with van der Waals surface area (Å²) in [5, 5.41) is 21.9. The number of anilines is 1. The van der Waals surface area contributed by atoms with E-state index in [2.05, 4.69) is 10.1 Å². The van der Waals surface area contributed by atoms with Crippen molar-refractivity contribution < 1.29 is 28.4 Å². The Hall–Kier alpha value is -4.74. The maximum Gasteiger partial charge on any atom is 0.276 e. The van der Waals surface area contributed by atoms with E-state index in [4.69, 9.17) is 10.5 Å². The molecule has 0 aliphatic carbocycles. The number of aryl methyl sites for hydroxylation is 1. The monoisotopic (exact) mass is 546 g/mol. The van der Waals surface area contributed by atoms with E-state index in [1.807, 2.05) is 12.1 Å². The summed E-state index contributed by atoms with van der Waals surface area (Å²) in [6.45, 7) is 1.55. The van der Waals surface area contributed by atoms with Crippen molar-refractivity contribution in [2.75, 3.05) is 12.8 Å². The molecule has 1 heterocycles. The van der Waals surface area contributed by atoms with Crippen LogP contribution in [0.1, 0.15) is 32.6 Å². The minimum atomic E-state index is -4.17. The molecule has 5 N–H and O–H groups in total. The smallest absolute Gasteiger partial charge is 0.276 e. The van der Waals surface area contributed by atoms with Crippen LogP contribution >= 0.6 is 0 Å². The van der Waals surface area contributed by atoms with E-state index in [-0.39, 0.29) is 26.6 Å². The van der Waals surface area contributed by atoms with Crippen LogP contribution in [0.4, 0.5) is 5.69 Å². The molecular formula is C28H26N4O6S. The van der Waals surface area contributed by atoms with Crippen molar-refractivity contribution in [3.63, 3.8) is 0 Å². The van der Waals surface area contributed by atoms with Crippen molar-refractivity contribution in [2.24, 2.45) is 5.16 Å². The lowest BCUT2D eigenvalue weighted by atomic mass is 9.92. The molecule has 0 atom stereocenters. The van der Waals surface area contributed by atoms with Gasteiger partial charge in [0, 0.05) is 29.2 Å². The number of pyridine rings is 1. The molecule has 0 spiro atoms. The first-order chi connectivity index (χ1) is 18.7. The number of amides is 1. The predicted molar refractivity (Wildman–Crippen MR) is 145 cm³/mol. The van der Waals surface area contributed by atoms with Gasteiger partial charge < -0.3 is 15.7 Å². The van der Waals surface area contributed by atoms with E-state index in [0.29, 0.717) is 28.9 Å². The second-order valence-electron chi connectivity index (χ2n) is 8.67. The normalized spacial score (nSPS) is 11.5. The number of methoxy groups -OCH3 is 1. The number of nitrogen functional groups attached to an aromatic ring is 1. The van der Waals surface area contributed by atoms with Gasteiger partial charge in [0.2, 0.25) is 9.84 Å². The standard InChI is InChI=1S/C28H26N4O6S/c1-17-12-20(23-10-5-19(25(16-31-34)26(23)29)13-18-4-3-11-30-15-18)14-24(28(33)32-35)27(17)39(36,37)22-8-6-21(38-2)7-9-22/h3-12,14-16,34-35H,13,29H2,1-2H3,(H,32,33). The van der Waals surface area contributed by atoms with Crippen molar-refractivity contribution >= 4 is 27.6 Å². The molecule has 39 heavy (non-hydrogen) atoms. The quantitative estimate of drug-likeness (QED) is 0.0847. The molecule has 0 aliphatic heterocycles. The predicted octanol–water partition coefficient (Wildman–Crippen LogP) is 4.00. The fourth-order valence-electron chi connectivity index (χ4n) is 4.41. The second-order valence-corrected chi connectivity index (χ2v) is 10.6. The zero-order chi connectivity index (χ0) is 28.2. The lowest BCUT2D eigenvalue weighted by molar-refractivity contribution is 0.0702. The number of carbonyl (C=O) groups excluding carboxylic acids is 1. The van der Waals surface area contributed by atoms with Gasteiger partial charge >= 0.3 is 0 Å². The van der Waals surface area contributed by atoms with Crippen molar-refractivity contribution in [3.8, 4) is 16.9 Å². The van der Waals surface area contributed by atoms with Crippen LogP contribution in [-0.4, -0.2) is 43.0 Å². The molecule has 0 bridgehead atoms. The number of benzene rings is 3. The van der Waals surface area contributed by atoms with E-state index in [0.717, 1.165) is 11.1 Å². The van der Waals surface area contributed by atoms with Crippen LogP contribution in [0.5, 0.6) is 5.75 Å². The Morgan fingerprint density at radius 1 is 1.15 bits per heavy atom. The van der Waals surface area contributed by atoms with Gasteiger partial charge in [-0.3, -0.25) is 15.0 Å². The summed E-state index contributed by atoms with van der Waals surface area (Å²) >= 11 is 0. The number of hydroxylamine groups is 1. The molecule has 4 rings (SSSR count). The summed E-state index contributed by atoms with van der Waals surface area (Å²) < 4.78 is 32.3. The van der Waals surface area contributed by atoms with E-state index < -0.39 is 15.7 Å². The van der Waals surface area contributed by atoms with E-state index in [1.54, 1.807) is 37.5 Å². The van der Waals surface area contributed by atoms with Crippen LogP contribution in [-0.2, 0) is 16.3 Å². The molecule has 0 saturated carbocycles. The average Bonchev–Trinajstić information content (AvgIpc) is 2.94. The number of ether oxygens (including phenoxy) is 1. The summed E-state index contributed by atoms with van der Waals surface area (Å²) in [5.74, 6) is -0.532. The van der Waals surface area contributed by atoms with Crippen molar-refractivity contribution in [3.05, 3.63) is 101 Å². The third-order valence-corrected chi connectivity index (χ3v) is 8.22. The molecule has 1 aromatic heterocycles. The summed E-state index contributed by atoms with van der Waals surface area (Å²) in [4.78, 5) is 16.5. The van der Waals surface area contributed by atoms with Crippen LogP contribution in [0.15, 0.2) is 88.0 Å². The number of nitrogens with two attached hydrogens (primary N) is 1. The highest BCUT2D eigenvalue weighted by molar-refractivity contribution is 7.91. The molecular weight excluding hydrogens is 520 g/mol. The summed E-state index contributed by atoms with van der Waals surface area (Å²) in [6.07, 6.45) is 5.07. The van der Waals surface area contributed by atoms with Crippen LogP contribution in [0.2, 0.25) is 0 Å². The third-order valence-electron chi connectivity index (χ3n) is 6.25. The fraction of sp³-hybridized carbons (Fsp3) is 0.107. The number of rotatable bonds is 8. The zero-order valence-corrected chi connectivity index (χ0v) is 21.9. The third kappa shape index (κ3) is 5.44. The summed E-state index contributed by atoms with van der Waals surface area (Å²) in [7, 11) is -2.70. The van der Waals surface area contributed by atoms with E-state index >= 15 is 0 Å². The Morgan fingerprint density at radius 3 is 2.51 bits per heavy atom. The highest BCUT2D eigenvalue weighted by atomic mass is 32.2. The molecule has 200 valence electrons. The van der Waals surface area contributed by atoms with Gasteiger partial charge in [-0.05, 0) is 72.0 Å². The average molecular weight is 547 g/mol. The minimum absolute atomic E-state index is 0.0492. The largest absolute Gasteiger partial charge is 0.497 e. The number of aromatic nitrogens is 1. The first-order valence-corrected chi connectivity index (χ1v) is 13.2. The summed E-state index contributed by atoms with van der Waals surface area (Å²) in [6, 6.07) is 16.0. The summed E-state index contributed by atoms with van der Waals surface area (Å²) in [5.41, 5.74) is 11.4. The van der Waals surface area contributed by atoms with Crippen molar-refractivity contribution in [2.45, 2.75) is 23.1 Å². The second kappa shape index (κ2) is 11.3. The highest BCUT2D eigenvalue weighted by Crippen LogP contribution is 2.36. The number of hydrogen-bond donors (Lipinski definition) is 4. The number of hydrogen-bond acceptors (Lipinski definition) is 9. The number of nitrogens with zero attached hydrogens (tertiary/aromatic N) is 2. The Kier molecular flexibility index (Phi) is 7.93. The highest BCUT2D eigenvalue weighted by Gasteiger charge is 2.28. The number of carbonyl (C=O) groups is 1. The molecule has 0 unspecified atom stereocenters. The van der Waals surface area contributed by atoms with Crippen molar-refractivity contribution in [1.29, 1.82) is 0 Å². The zero-order valence-electron chi connectivity index (χ0n) is 21.1. The van der Waals surface area contributed by atoms with Crippen LogP contribution in [0.3, 0.4) is 0 Å². The lowest BCUT2D eigenvalue weighted by Crippen LogP contribution is -2.22. The van der Waals surface area contributed by atoms with Crippen LogP contribution < -0.4 is 16.0 Å². The minimum Gasteiger partial charge on any atom is -0.497 e. The van der Waals surface area contributed by atoms with Gasteiger partial charge in [-0.1, -0.05) is 29.4 Å². The molecule has 0 saturated heterocycles. The van der Waals surface area contributed by atoms with E-state index in [1.165, 1.54) is 49.1 Å². The topological polar surface area (TPSA) is 164 Å². The Labute approximate surface area is 225 Å². The number of nitrogens with one attached hydrogen (secondary N) is 1. The Bertz CT molecular complexity index is 1650. The molecule has 10 nitrogen and oxygen atoms in total. The SMILES string of the molecule is COc1ccc(S(=O)(=O)c2c(C)cc(-c3ccc(Cc4cccnc4)c(C=NO)c3N)cc2C(=O)NO)cc1. The molecule has 4 aromatic rings. The van der Waals surface area contributed by atoms with Gasteiger partial charge in [-0.15, -0.1) is 0 Å². The van der Waals surface area contributed by atoms with Gasteiger partial charge in [0.05, 0.1) is 28.7 Å². The van der Waals surface area contributed by atoms with Crippen LogP contribution in [0, 0.1) is 6.92 Å². The van der Waals surface area contributed by atoms with Crippen LogP contribution in [0.25, 0.3) is 11.1 Å². The maximum atomic E-state index is 13.6. The molecule has 0 radical (unpaired) electrons. The molecule has 11 heteroatoms. The van der Waals surface area contributed by atoms with Gasteiger partial charge in [0.1, 0.15) is 5.75 Å². The van der Waals surface area contributed by atoms with E-state index in [9.17, 15) is 23.6 Å². The molecule has 0 fully saturated rings. The van der Waals surface area contributed by atoms with Gasteiger partial charge in [0.25, 0.3) is 5.91 Å². The molecule has 3 aromatic carbocycles. The van der Waals surface area contributed by atoms with Gasteiger partial charge in [-0.2, -0.15) is 0 Å². The van der Waals surface area contributed by atoms with Gasteiger partial charge in [-0.25, -0.2) is 13.9 Å². The first kappa shape index (κ1) is 27.3. The number of sulfone groups is 1. The Balaban J connectivity index is 1.87. The lowest BCUT2D eigenvalue weighted by Gasteiger charge is -2.18. The molecule has 0 aliphatic rings. The fourth-order valence-corrected chi connectivity index (χ4v) is 6.06. The molecule has 1 amide bonds. The first-order valence-electron chi connectivity index (χ1n) is 11.7. The Morgan fingerprint density at radius 2 is 1.90 bits per heavy atom.